The van der Waals surface area contributed by atoms with Crippen molar-refractivity contribution >= 4 is 22.8 Å². The van der Waals surface area contributed by atoms with Crippen molar-refractivity contribution in [1.82, 2.24) is 14.5 Å². The molecule has 30 heavy (non-hydrogen) atoms. The normalized spacial score (nSPS) is 16.7. The molecule has 3 aromatic rings. The van der Waals surface area contributed by atoms with E-state index in [1.807, 2.05) is 12.1 Å². The van der Waals surface area contributed by atoms with Gasteiger partial charge >= 0.3 is 0 Å². The average Bonchev–Trinajstić information content (AvgIpc) is 3.55. The Morgan fingerprint density at radius 1 is 0.933 bits per heavy atom. The molecule has 1 aromatic carbocycles. The van der Waals surface area contributed by atoms with Gasteiger partial charge in [0.2, 0.25) is 5.95 Å². The van der Waals surface area contributed by atoms with Gasteiger partial charge in [0.05, 0.1) is 24.8 Å². The van der Waals surface area contributed by atoms with Crippen molar-refractivity contribution in [2.45, 2.75) is 32.2 Å². The lowest BCUT2D eigenvalue weighted by Crippen LogP contribution is -2.24. The fraction of sp³-hybridized carbons (Fsp3) is 0.478. The minimum atomic E-state index is 0.0645. The number of anilines is 2. The summed E-state index contributed by atoms with van der Waals surface area (Å²) >= 11 is 0. The van der Waals surface area contributed by atoms with Crippen LogP contribution in [0.2, 0.25) is 0 Å². The number of benzene rings is 1. The van der Waals surface area contributed by atoms with E-state index in [2.05, 4.69) is 32.6 Å². The summed E-state index contributed by atoms with van der Waals surface area (Å²) in [7, 11) is 1.68. The monoisotopic (exact) mass is 407 g/mol. The molecule has 2 aliphatic heterocycles. The molecule has 0 aliphatic carbocycles. The van der Waals surface area contributed by atoms with Gasteiger partial charge in [-0.25, -0.2) is 0 Å². The molecule has 158 valence electrons. The van der Waals surface area contributed by atoms with Crippen LogP contribution in [-0.2, 0) is 6.54 Å². The maximum absolute atomic E-state index is 9.81. The molecule has 0 atom stereocenters. The zero-order chi connectivity index (χ0) is 20.5. The van der Waals surface area contributed by atoms with Gasteiger partial charge in [-0.2, -0.15) is 9.97 Å². The molecule has 2 aliphatic rings. The van der Waals surface area contributed by atoms with Gasteiger partial charge in [0.25, 0.3) is 0 Å². The molecule has 0 radical (unpaired) electrons. The van der Waals surface area contributed by atoms with E-state index in [1.54, 1.807) is 7.11 Å². The second kappa shape index (κ2) is 8.14. The lowest BCUT2D eigenvalue weighted by Gasteiger charge is -2.21. The molecule has 0 amide bonds. The van der Waals surface area contributed by atoms with E-state index >= 15 is 0 Å². The molecule has 0 unspecified atom stereocenters. The fourth-order valence-corrected chi connectivity index (χ4v) is 4.65. The van der Waals surface area contributed by atoms with Crippen LogP contribution in [-0.4, -0.2) is 59.5 Å². The van der Waals surface area contributed by atoms with Crippen molar-refractivity contribution in [3.8, 4) is 17.0 Å². The van der Waals surface area contributed by atoms with Crippen LogP contribution in [0.15, 0.2) is 30.3 Å². The van der Waals surface area contributed by atoms with Crippen molar-refractivity contribution in [2.24, 2.45) is 0 Å². The van der Waals surface area contributed by atoms with Gasteiger partial charge in [-0.3, -0.25) is 0 Å². The average molecular weight is 408 g/mol. The summed E-state index contributed by atoms with van der Waals surface area (Å²) in [5.74, 6) is 2.68. The first-order valence-corrected chi connectivity index (χ1v) is 10.9. The predicted molar refractivity (Wildman–Crippen MR) is 119 cm³/mol. The van der Waals surface area contributed by atoms with Crippen molar-refractivity contribution in [3.05, 3.63) is 30.3 Å². The largest absolute Gasteiger partial charge is 0.497 e. The van der Waals surface area contributed by atoms with Crippen LogP contribution in [0, 0.1) is 0 Å². The Labute approximate surface area is 176 Å². The highest BCUT2D eigenvalue weighted by atomic mass is 16.5. The minimum Gasteiger partial charge on any atom is -0.497 e. The van der Waals surface area contributed by atoms with Gasteiger partial charge < -0.3 is 24.2 Å². The molecule has 0 bridgehead atoms. The van der Waals surface area contributed by atoms with Gasteiger partial charge in [0, 0.05) is 32.7 Å². The Kier molecular flexibility index (Phi) is 5.21. The molecular formula is C23H29N5O2. The van der Waals surface area contributed by atoms with Gasteiger partial charge in [-0.1, -0.05) is 0 Å². The van der Waals surface area contributed by atoms with Crippen LogP contribution in [0.3, 0.4) is 0 Å². The highest BCUT2D eigenvalue weighted by Gasteiger charge is 2.25. The van der Waals surface area contributed by atoms with E-state index in [-0.39, 0.29) is 6.61 Å². The maximum atomic E-state index is 9.81. The zero-order valence-electron chi connectivity index (χ0n) is 17.5. The highest BCUT2D eigenvalue weighted by molar-refractivity contribution is 5.94. The molecule has 4 heterocycles. The lowest BCUT2D eigenvalue weighted by molar-refractivity contribution is 0.278. The SMILES string of the molecule is COc1ccc(-c2cc3c(N4CCCC4)nc(N4CCCC4)nc3n2CCO)cc1. The molecule has 2 saturated heterocycles. The molecule has 1 N–H and O–H groups in total. The van der Waals surface area contributed by atoms with Crippen LogP contribution >= 0.6 is 0 Å². The highest BCUT2D eigenvalue weighted by Crippen LogP contribution is 2.36. The molecule has 0 spiro atoms. The van der Waals surface area contributed by atoms with Crippen molar-refractivity contribution in [2.75, 3.05) is 49.7 Å². The Morgan fingerprint density at radius 2 is 1.60 bits per heavy atom. The van der Waals surface area contributed by atoms with Crippen molar-refractivity contribution in [1.29, 1.82) is 0 Å². The third kappa shape index (κ3) is 3.37. The van der Waals surface area contributed by atoms with Crippen LogP contribution < -0.4 is 14.5 Å². The lowest BCUT2D eigenvalue weighted by atomic mass is 10.1. The second-order valence-electron chi connectivity index (χ2n) is 8.11. The summed E-state index contributed by atoms with van der Waals surface area (Å²) in [6.45, 7) is 4.66. The van der Waals surface area contributed by atoms with Crippen LogP contribution in [0.25, 0.3) is 22.3 Å². The summed E-state index contributed by atoms with van der Waals surface area (Å²) in [5, 5.41) is 10.9. The number of rotatable bonds is 6. The molecule has 7 heteroatoms. The van der Waals surface area contributed by atoms with Gasteiger partial charge in [0.1, 0.15) is 17.2 Å². The number of nitrogens with zero attached hydrogens (tertiary/aromatic N) is 5. The van der Waals surface area contributed by atoms with Crippen LogP contribution in [0.1, 0.15) is 25.7 Å². The summed E-state index contributed by atoms with van der Waals surface area (Å²) in [5.41, 5.74) is 3.04. The smallest absolute Gasteiger partial charge is 0.229 e. The number of hydrogen-bond donors (Lipinski definition) is 1. The number of aromatic nitrogens is 3. The molecule has 0 saturated carbocycles. The number of hydrogen-bond acceptors (Lipinski definition) is 6. The number of aliphatic hydroxyl groups is 1. The topological polar surface area (TPSA) is 66.7 Å². The van der Waals surface area contributed by atoms with Gasteiger partial charge in [-0.15, -0.1) is 0 Å². The van der Waals surface area contributed by atoms with Crippen LogP contribution in [0.5, 0.6) is 5.75 Å². The third-order valence-corrected chi connectivity index (χ3v) is 6.23. The first kappa shape index (κ1) is 19.2. The standard InChI is InChI=1S/C23H29N5O2/c1-30-18-8-6-17(7-9-18)20-16-19-21(26-10-2-3-11-26)24-23(27-12-4-5-13-27)25-22(19)28(20)14-15-29/h6-9,16,29H,2-5,10-15H2,1H3. The maximum Gasteiger partial charge on any atom is 0.229 e. The van der Waals surface area contributed by atoms with Gasteiger partial charge in [-0.05, 0) is 61.6 Å². The molecule has 2 aromatic heterocycles. The summed E-state index contributed by atoms with van der Waals surface area (Å²) in [4.78, 5) is 14.7. The molecular weight excluding hydrogens is 378 g/mol. The first-order valence-electron chi connectivity index (χ1n) is 10.9. The van der Waals surface area contributed by atoms with E-state index < -0.39 is 0 Å². The molecule has 7 nitrogen and oxygen atoms in total. The van der Waals surface area contributed by atoms with Crippen molar-refractivity contribution in [3.63, 3.8) is 0 Å². The Hall–Kier alpha value is -2.80. The summed E-state index contributed by atoms with van der Waals surface area (Å²) in [6.07, 6.45) is 4.78. The number of fused-ring (bicyclic) bond motifs is 1. The first-order chi connectivity index (χ1) is 14.8. The quantitative estimate of drug-likeness (QED) is 0.676. The molecule has 2 fully saturated rings. The zero-order valence-corrected chi connectivity index (χ0v) is 17.5. The van der Waals surface area contributed by atoms with Crippen molar-refractivity contribution < 1.29 is 9.84 Å². The number of aliphatic hydroxyl groups excluding tert-OH is 1. The number of methoxy groups -OCH3 is 1. The Morgan fingerprint density at radius 3 is 2.23 bits per heavy atom. The minimum absolute atomic E-state index is 0.0645. The second-order valence-corrected chi connectivity index (χ2v) is 8.11. The van der Waals surface area contributed by atoms with Gasteiger partial charge in [0.15, 0.2) is 0 Å². The fourth-order valence-electron chi connectivity index (χ4n) is 4.65. The summed E-state index contributed by atoms with van der Waals surface area (Å²) < 4.78 is 7.46. The van der Waals surface area contributed by atoms with E-state index in [4.69, 9.17) is 14.7 Å². The van der Waals surface area contributed by atoms with E-state index in [0.717, 1.165) is 66.0 Å². The van der Waals surface area contributed by atoms with E-state index in [1.165, 1.54) is 25.7 Å². The summed E-state index contributed by atoms with van der Waals surface area (Å²) in [6, 6.07) is 10.3. The van der Waals surface area contributed by atoms with E-state index in [0.29, 0.717) is 6.54 Å². The number of ether oxygens (including phenoxy) is 1. The van der Waals surface area contributed by atoms with E-state index in [9.17, 15) is 5.11 Å². The predicted octanol–water partition coefficient (Wildman–Crippen LogP) is 3.30. The Bertz CT molecular complexity index is 1020. The Balaban J connectivity index is 1.70. The third-order valence-electron chi connectivity index (χ3n) is 6.23. The molecule has 5 rings (SSSR count). The van der Waals surface area contributed by atoms with Crippen LogP contribution in [0.4, 0.5) is 11.8 Å².